The van der Waals surface area contributed by atoms with E-state index in [2.05, 4.69) is 67.0 Å². The van der Waals surface area contributed by atoms with Gasteiger partial charge in [0.2, 0.25) is 0 Å². The second-order valence-corrected chi connectivity index (χ2v) is 15.0. The number of phosphoric ester groups is 1. The summed E-state index contributed by atoms with van der Waals surface area (Å²) in [7, 11) is -4.77. The lowest BCUT2D eigenvalue weighted by Gasteiger charge is -2.20. The Hall–Kier alpha value is -3.90. The maximum absolute atomic E-state index is 12.6. The maximum atomic E-state index is 12.6. The van der Waals surface area contributed by atoms with Gasteiger partial charge in [0.1, 0.15) is 12.6 Å². The fourth-order valence-electron chi connectivity index (χ4n) is 4.76. The van der Waals surface area contributed by atoms with Crippen LogP contribution in [0.15, 0.2) is 109 Å². The number of aliphatic hydroxyl groups is 1. The number of rotatable bonds is 37. The summed E-state index contributed by atoms with van der Waals surface area (Å²) in [6, 6.07) is -1.55. The molecule has 0 bridgehead atoms. The molecule has 0 aliphatic carbocycles. The molecule has 0 aromatic carbocycles. The van der Waals surface area contributed by atoms with Crippen molar-refractivity contribution in [2.24, 2.45) is 5.73 Å². The van der Waals surface area contributed by atoms with Crippen LogP contribution in [0.3, 0.4) is 0 Å². The molecule has 12 nitrogen and oxygen atoms in total. The number of carboxylic acid groups (broad SMARTS) is 1. The lowest BCUT2D eigenvalue weighted by molar-refractivity contribution is -0.161. The van der Waals surface area contributed by atoms with Crippen molar-refractivity contribution < 1.29 is 52.6 Å². The summed E-state index contributed by atoms with van der Waals surface area (Å²) >= 11 is 0. The Morgan fingerprint density at radius 2 is 1.14 bits per heavy atom. The number of ether oxygens (including phenoxy) is 2. The fourth-order valence-corrected chi connectivity index (χ4v) is 5.54. The fraction of sp³-hybridized carbons (Fsp3) is 0.543. The van der Waals surface area contributed by atoms with E-state index in [1.54, 1.807) is 12.2 Å². The van der Waals surface area contributed by atoms with Crippen LogP contribution >= 0.6 is 7.82 Å². The van der Waals surface area contributed by atoms with E-state index in [4.69, 9.17) is 24.8 Å². The molecule has 0 radical (unpaired) electrons. The van der Waals surface area contributed by atoms with Gasteiger partial charge >= 0.3 is 25.7 Å². The Bertz CT molecular complexity index is 1430. The molecule has 0 rings (SSSR count). The monoisotopic (exact) mass is 845 g/mol. The molecule has 0 fully saturated rings. The molecule has 5 N–H and O–H groups in total. The van der Waals surface area contributed by atoms with Gasteiger partial charge in [-0.3, -0.25) is 23.4 Å². The van der Waals surface area contributed by atoms with Crippen LogP contribution in [0, 0.1) is 0 Å². The summed E-state index contributed by atoms with van der Waals surface area (Å²) < 4.78 is 32.5. The Kier molecular flexibility index (Phi) is 36.9. The van der Waals surface area contributed by atoms with Crippen LogP contribution in [0.2, 0.25) is 0 Å². The van der Waals surface area contributed by atoms with Gasteiger partial charge in [0.25, 0.3) is 0 Å². The first kappa shape index (κ1) is 55.1. The molecule has 4 atom stereocenters. The van der Waals surface area contributed by atoms with Gasteiger partial charge in [0, 0.05) is 12.8 Å². The highest BCUT2D eigenvalue weighted by Crippen LogP contribution is 2.43. The van der Waals surface area contributed by atoms with Gasteiger partial charge in [0.05, 0.1) is 19.3 Å². The third-order valence-corrected chi connectivity index (χ3v) is 9.04. The molecule has 0 aromatic heterocycles. The van der Waals surface area contributed by atoms with Crippen molar-refractivity contribution in [1.82, 2.24) is 0 Å². The molecule has 0 saturated carbocycles. The Balaban J connectivity index is 4.67. The zero-order valence-corrected chi connectivity index (χ0v) is 36.3. The molecule has 0 amide bonds. The number of carbonyl (C=O) groups is 3. The van der Waals surface area contributed by atoms with Crippen LogP contribution in [-0.2, 0) is 37.5 Å². The smallest absolute Gasteiger partial charge is 0.472 e. The van der Waals surface area contributed by atoms with Gasteiger partial charge in [-0.05, 0) is 83.5 Å². The number of aliphatic carboxylic acids is 1. The molecule has 0 heterocycles. The summed E-state index contributed by atoms with van der Waals surface area (Å²) in [5, 5.41) is 18.9. The molecule has 13 heteroatoms. The minimum atomic E-state index is -4.77. The first-order valence-electron chi connectivity index (χ1n) is 21.0. The first-order valence-corrected chi connectivity index (χ1v) is 22.5. The molecule has 332 valence electrons. The van der Waals surface area contributed by atoms with Crippen molar-refractivity contribution in [1.29, 1.82) is 0 Å². The predicted molar refractivity (Wildman–Crippen MR) is 236 cm³/mol. The normalized spacial score (nSPS) is 15.3. The molecule has 0 aliphatic rings. The number of carboxylic acids is 1. The summed E-state index contributed by atoms with van der Waals surface area (Å²) in [4.78, 5) is 45.9. The summed E-state index contributed by atoms with van der Waals surface area (Å²) in [5.74, 6) is -2.59. The number of unbranched alkanes of at least 4 members (excludes halogenated alkanes) is 5. The van der Waals surface area contributed by atoms with Gasteiger partial charge in [-0.15, -0.1) is 0 Å². The minimum Gasteiger partial charge on any atom is -0.480 e. The largest absolute Gasteiger partial charge is 0.480 e. The van der Waals surface area contributed by atoms with E-state index in [-0.39, 0.29) is 12.8 Å². The van der Waals surface area contributed by atoms with Crippen molar-refractivity contribution in [2.45, 2.75) is 141 Å². The molecular weight excluding hydrogens is 773 g/mol. The highest BCUT2D eigenvalue weighted by atomic mass is 31.2. The van der Waals surface area contributed by atoms with E-state index in [9.17, 15) is 28.9 Å². The number of nitrogens with two attached hydrogens (primary N) is 1. The van der Waals surface area contributed by atoms with Crippen LogP contribution in [0.4, 0.5) is 0 Å². The Morgan fingerprint density at radius 3 is 1.71 bits per heavy atom. The minimum absolute atomic E-state index is 0.0322. The van der Waals surface area contributed by atoms with E-state index in [1.807, 2.05) is 48.6 Å². The zero-order chi connectivity index (χ0) is 43.7. The van der Waals surface area contributed by atoms with E-state index < -0.39 is 63.8 Å². The molecule has 0 saturated heterocycles. The van der Waals surface area contributed by atoms with Crippen molar-refractivity contribution in [3.05, 3.63) is 109 Å². The van der Waals surface area contributed by atoms with E-state index >= 15 is 0 Å². The van der Waals surface area contributed by atoms with Crippen LogP contribution in [0.5, 0.6) is 0 Å². The Morgan fingerprint density at radius 1 is 0.627 bits per heavy atom. The van der Waals surface area contributed by atoms with Crippen LogP contribution in [0.25, 0.3) is 0 Å². The van der Waals surface area contributed by atoms with Gasteiger partial charge in [-0.1, -0.05) is 136 Å². The number of aliphatic hydroxyl groups excluding tert-OH is 1. The van der Waals surface area contributed by atoms with Crippen molar-refractivity contribution in [3.8, 4) is 0 Å². The topological polar surface area (TPSA) is 192 Å². The quantitative estimate of drug-likeness (QED) is 0.0152. The first-order chi connectivity index (χ1) is 28.5. The van der Waals surface area contributed by atoms with Crippen molar-refractivity contribution >= 4 is 25.7 Å². The summed E-state index contributed by atoms with van der Waals surface area (Å²) in [6.07, 6.45) is 47.7. The van der Waals surface area contributed by atoms with Gasteiger partial charge in [-0.2, -0.15) is 0 Å². The predicted octanol–water partition coefficient (Wildman–Crippen LogP) is 10.0. The lowest BCUT2D eigenvalue weighted by atomic mass is 10.2. The standard InChI is InChI=1S/C46H72NO11P/c1-3-5-7-9-11-12-13-14-15-16-17-18-19-20-24-28-32-36-44(49)55-38-42(39-56-59(53,54)57-40-43(47)46(51)52)58-45(50)37-33-29-25-22-21-23-27-31-35-41(48)34-30-26-10-8-6-4-2/h6,8,11-12,14-15,17-18,20,22-27,30-31,35,41-43,48H,3-5,7,9-10,13,16,19,21,28-29,32-34,36-40,47H2,1-2H3,(H,51,52)(H,53,54)/b8-6-,12-11-,15-14-,18-17-,24-20-,25-22-,27-23-,30-26-,35-31+/t41?,42-,43+/m1/s1. The second kappa shape index (κ2) is 39.6. The Labute approximate surface area is 353 Å². The average molecular weight is 846 g/mol. The lowest BCUT2D eigenvalue weighted by Crippen LogP contribution is -2.34. The van der Waals surface area contributed by atoms with Gasteiger partial charge < -0.3 is 30.3 Å². The molecular formula is C46H72NO11P. The van der Waals surface area contributed by atoms with Crippen molar-refractivity contribution in [2.75, 3.05) is 19.8 Å². The number of esters is 2. The highest BCUT2D eigenvalue weighted by molar-refractivity contribution is 7.47. The molecule has 0 aromatic rings. The highest BCUT2D eigenvalue weighted by Gasteiger charge is 2.28. The number of phosphoric acid groups is 1. The molecule has 2 unspecified atom stereocenters. The number of carbonyl (C=O) groups excluding carboxylic acids is 2. The average Bonchev–Trinajstić information content (AvgIpc) is 3.21. The van der Waals surface area contributed by atoms with E-state index in [0.29, 0.717) is 38.5 Å². The van der Waals surface area contributed by atoms with Gasteiger partial charge in [0.15, 0.2) is 6.10 Å². The van der Waals surface area contributed by atoms with E-state index in [0.717, 1.165) is 38.5 Å². The second-order valence-electron chi connectivity index (χ2n) is 13.6. The van der Waals surface area contributed by atoms with E-state index in [1.165, 1.54) is 19.3 Å². The molecule has 59 heavy (non-hydrogen) atoms. The van der Waals surface area contributed by atoms with Crippen LogP contribution in [-0.4, -0.2) is 71.1 Å². The number of allylic oxidation sites excluding steroid dienone is 16. The zero-order valence-electron chi connectivity index (χ0n) is 35.4. The van der Waals surface area contributed by atoms with Gasteiger partial charge in [-0.25, -0.2) is 4.57 Å². The SMILES string of the molecule is CC/C=C\C/C=C\CC(O)/C=C/C=C\C/C=C\CCCC(=O)O[C@H](COC(=O)CCC/C=C\C/C=C\C/C=C\C/C=C\CCCCC)COP(=O)(O)OC[C@H](N)C(=O)O. The summed E-state index contributed by atoms with van der Waals surface area (Å²) in [6.45, 7) is 2.43. The number of hydrogen-bond acceptors (Lipinski definition) is 10. The van der Waals surface area contributed by atoms with Crippen LogP contribution in [0.1, 0.15) is 123 Å². The van der Waals surface area contributed by atoms with Crippen molar-refractivity contribution in [3.63, 3.8) is 0 Å². The summed E-state index contributed by atoms with van der Waals surface area (Å²) in [5.41, 5.74) is 5.32. The molecule has 0 spiro atoms. The molecule has 0 aliphatic heterocycles. The van der Waals surface area contributed by atoms with Crippen LogP contribution < -0.4 is 5.73 Å². The third-order valence-electron chi connectivity index (χ3n) is 8.09. The maximum Gasteiger partial charge on any atom is 0.472 e. The third kappa shape index (κ3) is 39.3. The number of hydrogen-bond donors (Lipinski definition) is 4.